The summed E-state index contributed by atoms with van der Waals surface area (Å²) in [6.07, 6.45) is 6.72. The molecule has 0 radical (unpaired) electrons. The number of nitrogens with zero attached hydrogens (tertiary/aromatic N) is 1. The van der Waals surface area contributed by atoms with Gasteiger partial charge in [0.05, 0.1) is 6.21 Å². The van der Waals surface area contributed by atoms with Gasteiger partial charge < -0.3 is 27.2 Å². The third-order valence-electron chi connectivity index (χ3n) is 3.71. The molecule has 0 spiro atoms. The largest absolute Gasteiger partial charge is 0.479 e. The molecule has 24 heavy (non-hydrogen) atoms. The average molecular weight is 330 g/mol. The summed E-state index contributed by atoms with van der Waals surface area (Å²) in [6, 6.07) is 5.97. The van der Waals surface area contributed by atoms with Crippen molar-refractivity contribution in [3.63, 3.8) is 0 Å². The Morgan fingerprint density at radius 3 is 2.29 bits per heavy atom. The lowest BCUT2D eigenvalue weighted by Crippen LogP contribution is -2.71. The zero-order valence-corrected chi connectivity index (χ0v) is 12.8. The minimum Gasteiger partial charge on any atom is -0.479 e. The van der Waals surface area contributed by atoms with Crippen LogP contribution in [-0.2, 0) is 19.9 Å². The number of aliphatic carboxylic acids is 1. The molecule has 0 aliphatic heterocycles. The summed E-state index contributed by atoms with van der Waals surface area (Å²) in [7, 11) is 0. The number of rotatable bonds is 8. The molecule has 0 saturated carbocycles. The Bertz CT molecular complexity index is 708. The van der Waals surface area contributed by atoms with Crippen LogP contribution in [0, 0.1) is 12.3 Å². The smallest absolute Gasteiger partial charge is 0.334 e. The standard InChI is InChI=1S/C16H18N4O4/c1-2-15(17,12-7-5-11(6-8-12)10-20-19)16(18,14(23)24)13(22)4-3-9-21/h1,5-10H,3-4,17-19H2,(H,23,24). The van der Waals surface area contributed by atoms with Gasteiger partial charge in [0.1, 0.15) is 11.8 Å². The molecule has 7 N–H and O–H groups in total. The number of terminal acetylenes is 1. The van der Waals surface area contributed by atoms with E-state index in [-0.39, 0.29) is 18.4 Å². The summed E-state index contributed by atoms with van der Waals surface area (Å²) in [6.45, 7) is 0. The van der Waals surface area contributed by atoms with Crippen LogP contribution in [0.3, 0.4) is 0 Å². The van der Waals surface area contributed by atoms with Crippen molar-refractivity contribution in [1.29, 1.82) is 0 Å². The number of nitrogens with two attached hydrogens (primary N) is 3. The van der Waals surface area contributed by atoms with E-state index in [9.17, 15) is 19.5 Å². The quantitative estimate of drug-likeness (QED) is 0.120. The van der Waals surface area contributed by atoms with E-state index < -0.39 is 22.8 Å². The van der Waals surface area contributed by atoms with Gasteiger partial charge in [0, 0.05) is 12.8 Å². The number of carbonyl (C=O) groups excluding carboxylic acids is 2. The highest BCUT2D eigenvalue weighted by molar-refractivity contribution is 6.10. The molecule has 0 saturated heterocycles. The zero-order chi connectivity index (χ0) is 18.4. The Morgan fingerprint density at radius 2 is 1.88 bits per heavy atom. The van der Waals surface area contributed by atoms with Crippen molar-refractivity contribution in [3.05, 3.63) is 35.4 Å². The maximum absolute atomic E-state index is 12.3. The van der Waals surface area contributed by atoms with Gasteiger partial charge in [-0.2, -0.15) is 5.10 Å². The van der Waals surface area contributed by atoms with Crippen molar-refractivity contribution in [2.24, 2.45) is 22.4 Å². The first-order valence-corrected chi connectivity index (χ1v) is 6.87. The van der Waals surface area contributed by atoms with E-state index in [1.54, 1.807) is 12.1 Å². The summed E-state index contributed by atoms with van der Waals surface area (Å²) in [5.41, 5.74) is 8.02. The molecular formula is C16H18N4O4. The molecule has 8 nitrogen and oxygen atoms in total. The maximum Gasteiger partial charge on any atom is 0.334 e. The summed E-state index contributed by atoms with van der Waals surface area (Å²) in [5.74, 6) is 4.57. The molecule has 0 aliphatic rings. The van der Waals surface area contributed by atoms with E-state index in [4.69, 9.17) is 23.7 Å². The second-order valence-electron chi connectivity index (χ2n) is 5.09. The molecule has 0 aromatic heterocycles. The van der Waals surface area contributed by atoms with E-state index in [1.807, 2.05) is 0 Å². The van der Waals surface area contributed by atoms with Crippen molar-refractivity contribution >= 4 is 24.3 Å². The minimum atomic E-state index is -2.59. The second-order valence-corrected chi connectivity index (χ2v) is 5.09. The fourth-order valence-corrected chi connectivity index (χ4v) is 2.24. The predicted octanol–water partition coefficient (Wildman–Crippen LogP) is -0.903. The lowest BCUT2D eigenvalue weighted by atomic mass is 9.70. The van der Waals surface area contributed by atoms with Crippen molar-refractivity contribution in [2.45, 2.75) is 23.9 Å². The molecule has 2 atom stereocenters. The Morgan fingerprint density at radius 1 is 1.29 bits per heavy atom. The van der Waals surface area contributed by atoms with Gasteiger partial charge in [-0.3, -0.25) is 4.79 Å². The van der Waals surface area contributed by atoms with Crippen LogP contribution >= 0.6 is 0 Å². The number of carboxylic acid groups (broad SMARTS) is 1. The SMILES string of the molecule is C#CC(N)(c1ccc(C=NN)cc1)C(N)(C(=O)O)C(=O)CCC=O. The van der Waals surface area contributed by atoms with Gasteiger partial charge in [0.2, 0.25) is 5.54 Å². The lowest BCUT2D eigenvalue weighted by Gasteiger charge is -2.38. The molecular weight excluding hydrogens is 312 g/mol. The molecule has 0 aliphatic carbocycles. The Balaban J connectivity index is 3.45. The molecule has 1 rings (SSSR count). The van der Waals surface area contributed by atoms with Gasteiger partial charge >= 0.3 is 5.97 Å². The molecule has 1 aromatic rings. The number of carbonyl (C=O) groups is 3. The van der Waals surface area contributed by atoms with Crippen LogP contribution in [0.2, 0.25) is 0 Å². The summed E-state index contributed by atoms with van der Waals surface area (Å²) < 4.78 is 0. The number of hydrogen-bond donors (Lipinski definition) is 4. The Kier molecular flexibility index (Phi) is 5.95. The fourth-order valence-electron chi connectivity index (χ4n) is 2.24. The highest BCUT2D eigenvalue weighted by Gasteiger charge is 2.57. The van der Waals surface area contributed by atoms with E-state index in [1.165, 1.54) is 18.3 Å². The normalized spacial score (nSPS) is 15.9. The molecule has 1 aromatic carbocycles. The number of hydrogen-bond acceptors (Lipinski definition) is 7. The van der Waals surface area contributed by atoms with Gasteiger partial charge in [-0.15, -0.1) is 6.42 Å². The second kappa shape index (κ2) is 7.50. The fraction of sp³-hybridized carbons (Fsp3) is 0.250. The summed E-state index contributed by atoms with van der Waals surface area (Å²) >= 11 is 0. The zero-order valence-electron chi connectivity index (χ0n) is 12.8. The number of aldehydes is 1. The first-order chi connectivity index (χ1) is 11.3. The predicted molar refractivity (Wildman–Crippen MR) is 87.8 cm³/mol. The number of hydrazone groups is 1. The lowest BCUT2D eigenvalue weighted by molar-refractivity contribution is -0.151. The molecule has 0 fully saturated rings. The number of ketones is 1. The minimum absolute atomic E-state index is 0.156. The Labute approximate surface area is 138 Å². The third kappa shape index (κ3) is 3.17. The van der Waals surface area contributed by atoms with Gasteiger partial charge in [-0.25, -0.2) is 4.79 Å². The van der Waals surface area contributed by atoms with E-state index in [0.29, 0.717) is 11.8 Å². The molecule has 0 amide bonds. The highest BCUT2D eigenvalue weighted by atomic mass is 16.4. The van der Waals surface area contributed by atoms with Crippen LogP contribution in [0.5, 0.6) is 0 Å². The van der Waals surface area contributed by atoms with Crippen molar-refractivity contribution in [3.8, 4) is 12.3 Å². The number of carboxylic acids is 1. The van der Waals surface area contributed by atoms with Crippen LogP contribution in [0.4, 0.5) is 0 Å². The van der Waals surface area contributed by atoms with E-state index in [2.05, 4.69) is 11.0 Å². The van der Waals surface area contributed by atoms with Crippen molar-refractivity contribution in [1.82, 2.24) is 0 Å². The van der Waals surface area contributed by atoms with Gasteiger partial charge in [-0.05, 0) is 11.1 Å². The van der Waals surface area contributed by atoms with Gasteiger partial charge in [-0.1, -0.05) is 30.2 Å². The molecule has 2 unspecified atom stereocenters. The number of benzene rings is 1. The van der Waals surface area contributed by atoms with Crippen LogP contribution in [0.25, 0.3) is 0 Å². The first-order valence-electron chi connectivity index (χ1n) is 6.87. The van der Waals surface area contributed by atoms with E-state index in [0.717, 1.165) is 0 Å². The summed E-state index contributed by atoms with van der Waals surface area (Å²) in [4.78, 5) is 34.5. The monoisotopic (exact) mass is 330 g/mol. The van der Waals surface area contributed by atoms with Crippen LogP contribution in [0.15, 0.2) is 29.4 Å². The molecule has 0 heterocycles. The topological polar surface area (TPSA) is 162 Å². The van der Waals surface area contributed by atoms with Crippen molar-refractivity contribution in [2.75, 3.05) is 0 Å². The maximum atomic E-state index is 12.3. The van der Waals surface area contributed by atoms with Crippen LogP contribution in [0.1, 0.15) is 24.0 Å². The highest BCUT2D eigenvalue weighted by Crippen LogP contribution is 2.31. The first kappa shape index (κ1) is 19.0. The summed E-state index contributed by atoms with van der Waals surface area (Å²) in [5, 5.41) is 12.9. The third-order valence-corrected chi connectivity index (χ3v) is 3.71. The average Bonchev–Trinajstić information content (AvgIpc) is 2.58. The van der Waals surface area contributed by atoms with Crippen molar-refractivity contribution < 1.29 is 19.5 Å². The van der Waals surface area contributed by atoms with E-state index >= 15 is 0 Å². The van der Waals surface area contributed by atoms with Gasteiger partial charge in [0.25, 0.3) is 0 Å². The van der Waals surface area contributed by atoms with Crippen LogP contribution in [-0.4, -0.2) is 34.9 Å². The Hall–Kier alpha value is -3.02. The number of Topliss-reactive ketones (excluding diaryl/α,β-unsaturated/α-hetero) is 1. The van der Waals surface area contributed by atoms with Crippen LogP contribution < -0.4 is 17.3 Å². The molecule has 0 bridgehead atoms. The van der Waals surface area contributed by atoms with Gasteiger partial charge in [0.15, 0.2) is 5.78 Å². The molecule has 126 valence electrons. The molecule has 8 heteroatoms.